The van der Waals surface area contributed by atoms with Crippen molar-refractivity contribution >= 4 is 5.69 Å². The van der Waals surface area contributed by atoms with Crippen molar-refractivity contribution < 1.29 is 4.92 Å². The SMILES string of the molecule is Cc1c(CN2CCNC(C)C2)cc(C#N)cc1[N+](=O)[O-]. The predicted molar refractivity (Wildman–Crippen MR) is 75.3 cm³/mol. The van der Waals surface area contributed by atoms with Crippen LogP contribution in [0.15, 0.2) is 12.1 Å². The van der Waals surface area contributed by atoms with E-state index in [0.717, 1.165) is 25.2 Å². The van der Waals surface area contributed by atoms with Gasteiger partial charge >= 0.3 is 0 Å². The van der Waals surface area contributed by atoms with Crippen molar-refractivity contribution in [2.24, 2.45) is 0 Å². The van der Waals surface area contributed by atoms with Gasteiger partial charge in [-0.1, -0.05) is 0 Å². The fourth-order valence-corrected chi connectivity index (χ4v) is 2.57. The summed E-state index contributed by atoms with van der Waals surface area (Å²) in [6, 6.07) is 5.52. The summed E-state index contributed by atoms with van der Waals surface area (Å²) in [4.78, 5) is 12.9. The molecule has 1 aliphatic rings. The Bertz CT molecular complexity index is 565. The number of nitro benzene ring substituents is 1. The van der Waals surface area contributed by atoms with E-state index in [2.05, 4.69) is 17.1 Å². The Morgan fingerprint density at radius 1 is 1.60 bits per heavy atom. The van der Waals surface area contributed by atoms with Crippen LogP contribution < -0.4 is 5.32 Å². The van der Waals surface area contributed by atoms with E-state index in [4.69, 9.17) is 5.26 Å². The first-order valence-corrected chi connectivity index (χ1v) is 6.65. The molecular weight excluding hydrogens is 256 g/mol. The molecule has 6 heteroatoms. The van der Waals surface area contributed by atoms with Crippen LogP contribution in [0.4, 0.5) is 5.69 Å². The topological polar surface area (TPSA) is 82.2 Å². The summed E-state index contributed by atoms with van der Waals surface area (Å²) in [5, 5.41) is 23.4. The molecular formula is C14H18N4O2. The second-order valence-electron chi connectivity index (χ2n) is 5.24. The molecule has 1 N–H and O–H groups in total. The van der Waals surface area contributed by atoms with Crippen LogP contribution in [0, 0.1) is 28.4 Å². The van der Waals surface area contributed by atoms with Gasteiger partial charge in [-0.3, -0.25) is 15.0 Å². The van der Waals surface area contributed by atoms with Gasteiger partial charge < -0.3 is 5.32 Å². The van der Waals surface area contributed by atoms with Gasteiger partial charge in [-0.05, 0) is 25.5 Å². The zero-order valence-electron chi connectivity index (χ0n) is 11.7. The van der Waals surface area contributed by atoms with Crippen molar-refractivity contribution in [1.82, 2.24) is 10.2 Å². The summed E-state index contributed by atoms with van der Waals surface area (Å²) in [6.45, 7) is 7.25. The van der Waals surface area contributed by atoms with E-state index in [9.17, 15) is 10.1 Å². The average molecular weight is 274 g/mol. The number of hydrogen-bond donors (Lipinski definition) is 1. The first kappa shape index (κ1) is 14.4. The maximum atomic E-state index is 11.1. The number of nitro groups is 1. The minimum absolute atomic E-state index is 0.0298. The minimum atomic E-state index is -0.417. The van der Waals surface area contributed by atoms with Gasteiger partial charge in [0.1, 0.15) is 0 Å². The summed E-state index contributed by atoms with van der Waals surface area (Å²) < 4.78 is 0. The zero-order valence-corrected chi connectivity index (χ0v) is 11.7. The monoisotopic (exact) mass is 274 g/mol. The lowest BCUT2D eigenvalue weighted by Crippen LogP contribution is -2.48. The molecule has 1 saturated heterocycles. The normalized spacial score (nSPS) is 19.6. The molecule has 6 nitrogen and oxygen atoms in total. The standard InChI is InChI=1S/C14H18N4O2/c1-10-8-17(4-3-16-10)9-13-5-12(7-15)6-14(11(13)2)18(19)20/h5-6,10,16H,3-4,8-9H2,1-2H3. The summed E-state index contributed by atoms with van der Waals surface area (Å²) in [5.41, 5.74) is 1.90. The summed E-state index contributed by atoms with van der Waals surface area (Å²) in [7, 11) is 0. The van der Waals surface area contributed by atoms with Gasteiger partial charge in [-0.25, -0.2) is 0 Å². The number of nitriles is 1. The largest absolute Gasteiger partial charge is 0.312 e. The molecule has 0 amide bonds. The molecule has 0 aliphatic carbocycles. The fourth-order valence-electron chi connectivity index (χ4n) is 2.57. The Morgan fingerprint density at radius 2 is 2.35 bits per heavy atom. The van der Waals surface area contributed by atoms with Crippen LogP contribution in [0.5, 0.6) is 0 Å². The second kappa shape index (κ2) is 5.99. The van der Waals surface area contributed by atoms with Crippen LogP contribution in [0.1, 0.15) is 23.6 Å². The number of rotatable bonds is 3. The van der Waals surface area contributed by atoms with E-state index in [1.807, 2.05) is 6.07 Å². The van der Waals surface area contributed by atoms with Gasteiger partial charge in [0.15, 0.2) is 0 Å². The first-order chi connectivity index (χ1) is 9.51. The van der Waals surface area contributed by atoms with Crippen molar-refractivity contribution in [1.29, 1.82) is 5.26 Å². The van der Waals surface area contributed by atoms with Gasteiger partial charge in [-0.15, -0.1) is 0 Å². The zero-order chi connectivity index (χ0) is 14.7. The third kappa shape index (κ3) is 3.13. The quantitative estimate of drug-likeness (QED) is 0.668. The highest BCUT2D eigenvalue weighted by Gasteiger charge is 2.20. The number of hydrogen-bond acceptors (Lipinski definition) is 5. The van der Waals surface area contributed by atoms with Gasteiger partial charge in [0.2, 0.25) is 0 Å². The van der Waals surface area contributed by atoms with Crippen molar-refractivity contribution in [3.8, 4) is 6.07 Å². The molecule has 1 aliphatic heterocycles. The molecule has 0 spiro atoms. The molecule has 1 aromatic rings. The molecule has 0 radical (unpaired) electrons. The first-order valence-electron chi connectivity index (χ1n) is 6.65. The molecule has 1 atom stereocenters. The lowest BCUT2D eigenvalue weighted by molar-refractivity contribution is -0.385. The molecule has 1 fully saturated rings. The highest BCUT2D eigenvalue weighted by Crippen LogP contribution is 2.25. The molecule has 1 unspecified atom stereocenters. The third-order valence-electron chi connectivity index (χ3n) is 3.66. The minimum Gasteiger partial charge on any atom is -0.312 e. The predicted octanol–water partition coefficient (Wildman–Crippen LogP) is 1.57. The smallest absolute Gasteiger partial charge is 0.273 e. The Hall–Kier alpha value is -1.97. The molecule has 1 heterocycles. The van der Waals surface area contributed by atoms with Gasteiger partial charge in [0.25, 0.3) is 5.69 Å². The number of nitrogens with zero attached hydrogens (tertiary/aromatic N) is 3. The molecule has 0 saturated carbocycles. The summed E-state index contributed by atoms with van der Waals surface area (Å²) in [5.74, 6) is 0. The van der Waals surface area contributed by atoms with Gasteiger partial charge in [0.05, 0.1) is 16.6 Å². The van der Waals surface area contributed by atoms with E-state index >= 15 is 0 Å². The average Bonchev–Trinajstić information content (AvgIpc) is 2.40. The Balaban J connectivity index is 2.28. The lowest BCUT2D eigenvalue weighted by atomic mass is 10.0. The van der Waals surface area contributed by atoms with Crippen LogP contribution in [-0.2, 0) is 6.54 Å². The molecule has 1 aromatic carbocycles. The Kier molecular flexibility index (Phi) is 4.32. The number of nitrogens with one attached hydrogen (secondary N) is 1. The highest BCUT2D eigenvalue weighted by molar-refractivity contribution is 5.51. The molecule has 106 valence electrons. The Labute approximate surface area is 118 Å². The van der Waals surface area contributed by atoms with Crippen LogP contribution >= 0.6 is 0 Å². The fraction of sp³-hybridized carbons (Fsp3) is 0.500. The van der Waals surface area contributed by atoms with Crippen molar-refractivity contribution in [3.63, 3.8) is 0 Å². The summed E-state index contributed by atoms with van der Waals surface area (Å²) in [6.07, 6.45) is 0. The van der Waals surface area contributed by atoms with Crippen LogP contribution in [0.25, 0.3) is 0 Å². The van der Waals surface area contributed by atoms with Crippen LogP contribution in [0.2, 0.25) is 0 Å². The van der Waals surface area contributed by atoms with Crippen molar-refractivity contribution in [3.05, 3.63) is 38.9 Å². The van der Waals surface area contributed by atoms with E-state index < -0.39 is 4.92 Å². The van der Waals surface area contributed by atoms with E-state index in [1.165, 1.54) is 6.07 Å². The summed E-state index contributed by atoms with van der Waals surface area (Å²) >= 11 is 0. The lowest BCUT2D eigenvalue weighted by Gasteiger charge is -2.32. The van der Waals surface area contributed by atoms with Crippen molar-refractivity contribution in [2.45, 2.75) is 26.4 Å². The highest BCUT2D eigenvalue weighted by atomic mass is 16.6. The molecule has 2 rings (SSSR count). The van der Waals surface area contributed by atoms with Crippen LogP contribution in [-0.4, -0.2) is 35.5 Å². The maximum Gasteiger partial charge on any atom is 0.273 e. The van der Waals surface area contributed by atoms with E-state index in [1.54, 1.807) is 13.0 Å². The second-order valence-corrected chi connectivity index (χ2v) is 5.24. The van der Waals surface area contributed by atoms with E-state index in [0.29, 0.717) is 23.7 Å². The molecule has 0 bridgehead atoms. The van der Waals surface area contributed by atoms with Gasteiger partial charge in [0, 0.05) is 43.9 Å². The maximum absolute atomic E-state index is 11.1. The number of benzene rings is 1. The molecule has 20 heavy (non-hydrogen) atoms. The number of piperazine rings is 1. The van der Waals surface area contributed by atoms with E-state index in [-0.39, 0.29) is 5.69 Å². The third-order valence-corrected chi connectivity index (χ3v) is 3.66. The van der Waals surface area contributed by atoms with Crippen LogP contribution in [0.3, 0.4) is 0 Å². The Morgan fingerprint density at radius 3 is 2.95 bits per heavy atom. The molecule has 0 aromatic heterocycles. The van der Waals surface area contributed by atoms with Crippen molar-refractivity contribution in [2.75, 3.05) is 19.6 Å². The van der Waals surface area contributed by atoms with Gasteiger partial charge in [-0.2, -0.15) is 5.26 Å².